The molecule has 6 heteroatoms. The van der Waals surface area contributed by atoms with Gasteiger partial charge in [-0.25, -0.2) is 4.79 Å². The molecule has 1 heterocycles. The number of hydrogen-bond acceptors (Lipinski definition) is 3. The first-order valence-electron chi connectivity index (χ1n) is 6.99. The van der Waals surface area contributed by atoms with E-state index in [1.54, 1.807) is 9.80 Å². The van der Waals surface area contributed by atoms with Crippen LogP contribution in [0.2, 0.25) is 0 Å². The molecule has 106 valence electrons. The molecule has 0 saturated heterocycles. The van der Waals surface area contributed by atoms with E-state index >= 15 is 0 Å². The van der Waals surface area contributed by atoms with E-state index in [0.717, 1.165) is 12.8 Å². The van der Waals surface area contributed by atoms with Gasteiger partial charge in [-0.2, -0.15) is 4.99 Å². The summed E-state index contributed by atoms with van der Waals surface area (Å²) >= 11 is 0. The number of rotatable bonds is 6. The average molecular weight is 266 g/mol. The van der Waals surface area contributed by atoms with E-state index < -0.39 is 0 Å². The number of amides is 3. The Hall–Kier alpha value is -1.59. The number of carbonyl (C=O) groups excluding carboxylic acids is 2. The van der Waals surface area contributed by atoms with Gasteiger partial charge in [0.2, 0.25) is 5.91 Å². The number of urea groups is 1. The van der Waals surface area contributed by atoms with Crippen LogP contribution in [-0.4, -0.2) is 53.2 Å². The standard InChI is InChI=1S/C13H22N4O2/c1-3-16(4-2)11(18)7-10-12(14)15-13(19)17(10)8-9-5-6-9/h9-10H,3-8H2,1-2H3,(H2,14,15,19). The van der Waals surface area contributed by atoms with E-state index in [-0.39, 0.29) is 30.2 Å². The van der Waals surface area contributed by atoms with Crippen LogP contribution in [0.15, 0.2) is 4.99 Å². The summed E-state index contributed by atoms with van der Waals surface area (Å²) in [5.41, 5.74) is 5.80. The molecule has 2 rings (SSSR count). The third kappa shape index (κ3) is 3.05. The van der Waals surface area contributed by atoms with Gasteiger partial charge in [-0.3, -0.25) is 4.79 Å². The predicted octanol–water partition coefficient (Wildman–Crippen LogP) is 0.816. The lowest BCUT2D eigenvalue weighted by molar-refractivity contribution is -0.131. The van der Waals surface area contributed by atoms with Gasteiger partial charge in [0, 0.05) is 19.6 Å². The van der Waals surface area contributed by atoms with Crippen molar-refractivity contribution in [2.75, 3.05) is 19.6 Å². The molecule has 1 aliphatic carbocycles. The summed E-state index contributed by atoms with van der Waals surface area (Å²) in [6.45, 7) is 5.92. The van der Waals surface area contributed by atoms with Crippen molar-refractivity contribution < 1.29 is 9.59 Å². The molecule has 1 saturated carbocycles. The zero-order valence-corrected chi connectivity index (χ0v) is 11.6. The van der Waals surface area contributed by atoms with Crippen LogP contribution in [-0.2, 0) is 4.79 Å². The first kappa shape index (κ1) is 13.8. The van der Waals surface area contributed by atoms with Crippen LogP contribution in [0.5, 0.6) is 0 Å². The van der Waals surface area contributed by atoms with E-state index in [0.29, 0.717) is 25.6 Å². The van der Waals surface area contributed by atoms with Crippen LogP contribution < -0.4 is 5.73 Å². The Bertz CT molecular complexity index is 399. The summed E-state index contributed by atoms with van der Waals surface area (Å²) in [6.07, 6.45) is 2.55. The van der Waals surface area contributed by atoms with Gasteiger partial charge in [-0.15, -0.1) is 0 Å². The quantitative estimate of drug-likeness (QED) is 0.773. The summed E-state index contributed by atoms with van der Waals surface area (Å²) < 4.78 is 0. The molecule has 2 aliphatic rings. The second-order valence-corrected chi connectivity index (χ2v) is 5.20. The Morgan fingerprint density at radius 3 is 2.58 bits per heavy atom. The number of amidine groups is 1. The molecule has 6 nitrogen and oxygen atoms in total. The minimum absolute atomic E-state index is 0.0312. The monoisotopic (exact) mass is 266 g/mol. The molecule has 1 aliphatic heterocycles. The Labute approximate surface area is 113 Å². The summed E-state index contributed by atoms with van der Waals surface area (Å²) in [5.74, 6) is 0.880. The zero-order valence-electron chi connectivity index (χ0n) is 11.6. The van der Waals surface area contributed by atoms with E-state index in [1.807, 2.05) is 13.8 Å². The van der Waals surface area contributed by atoms with Crippen LogP contribution in [0.4, 0.5) is 4.79 Å². The van der Waals surface area contributed by atoms with Crippen molar-refractivity contribution in [2.45, 2.75) is 39.2 Å². The van der Waals surface area contributed by atoms with Crippen LogP contribution in [0.1, 0.15) is 33.1 Å². The Kier molecular flexibility index (Phi) is 4.07. The number of nitrogens with zero attached hydrogens (tertiary/aromatic N) is 3. The molecule has 1 atom stereocenters. The van der Waals surface area contributed by atoms with Gasteiger partial charge >= 0.3 is 6.03 Å². The lowest BCUT2D eigenvalue weighted by atomic mass is 10.1. The van der Waals surface area contributed by atoms with Gasteiger partial charge in [0.1, 0.15) is 5.84 Å². The number of carbonyl (C=O) groups is 2. The third-order valence-corrected chi connectivity index (χ3v) is 3.82. The zero-order chi connectivity index (χ0) is 14.0. The predicted molar refractivity (Wildman–Crippen MR) is 72.8 cm³/mol. The second-order valence-electron chi connectivity index (χ2n) is 5.20. The van der Waals surface area contributed by atoms with Crippen molar-refractivity contribution in [3.05, 3.63) is 0 Å². The summed E-state index contributed by atoms with van der Waals surface area (Å²) in [7, 11) is 0. The number of nitrogens with two attached hydrogens (primary N) is 1. The maximum Gasteiger partial charge on any atom is 0.345 e. The maximum atomic E-state index is 12.1. The van der Waals surface area contributed by atoms with Crippen molar-refractivity contribution in [2.24, 2.45) is 16.6 Å². The van der Waals surface area contributed by atoms with Crippen molar-refractivity contribution in [1.29, 1.82) is 0 Å². The molecule has 0 aromatic heterocycles. The van der Waals surface area contributed by atoms with Crippen molar-refractivity contribution in [3.8, 4) is 0 Å². The van der Waals surface area contributed by atoms with Gasteiger partial charge < -0.3 is 15.5 Å². The molecular weight excluding hydrogens is 244 g/mol. The van der Waals surface area contributed by atoms with E-state index in [4.69, 9.17) is 5.73 Å². The topological polar surface area (TPSA) is 79.0 Å². The molecule has 1 fully saturated rings. The minimum atomic E-state index is -0.346. The van der Waals surface area contributed by atoms with Crippen LogP contribution in [0, 0.1) is 5.92 Å². The fourth-order valence-electron chi connectivity index (χ4n) is 2.41. The molecule has 1 unspecified atom stereocenters. The smallest absolute Gasteiger partial charge is 0.345 e. The van der Waals surface area contributed by atoms with Crippen LogP contribution in [0.3, 0.4) is 0 Å². The van der Waals surface area contributed by atoms with Crippen LogP contribution in [0.25, 0.3) is 0 Å². The lowest BCUT2D eigenvalue weighted by Gasteiger charge is -2.26. The first-order valence-corrected chi connectivity index (χ1v) is 6.99. The largest absolute Gasteiger partial charge is 0.385 e. The third-order valence-electron chi connectivity index (χ3n) is 3.82. The van der Waals surface area contributed by atoms with Crippen molar-refractivity contribution in [3.63, 3.8) is 0 Å². The molecule has 19 heavy (non-hydrogen) atoms. The highest BCUT2D eigenvalue weighted by Gasteiger charge is 2.38. The van der Waals surface area contributed by atoms with Crippen molar-refractivity contribution >= 4 is 17.8 Å². The SMILES string of the molecule is CCN(CC)C(=O)CC1C(N)=NC(=O)N1CC1CC1. The summed E-state index contributed by atoms with van der Waals surface area (Å²) in [6, 6.07) is -0.636. The Morgan fingerprint density at radius 1 is 1.42 bits per heavy atom. The molecule has 0 bridgehead atoms. The lowest BCUT2D eigenvalue weighted by Crippen LogP contribution is -2.45. The molecule has 0 aromatic rings. The molecule has 3 amide bonds. The van der Waals surface area contributed by atoms with Gasteiger partial charge in [-0.1, -0.05) is 0 Å². The average Bonchev–Trinajstić information content (AvgIpc) is 3.14. The number of hydrogen-bond donors (Lipinski definition) is 1. The molecule has 0 radical (unpaired) electrons. The van der Waals surface area contributed by atoms with Crippen LogP contribution >= 0.6 is 0 Å². The highest BCUT2D eigenvalue weighted by atomic mass is 16.2. The normalized spacial score (nSPS) is 22.6. The Morgan fingerprint density at radius 2 is 2.05 bits per heavy atom. The maximum absolute atomic E-state index is 12.1. The van der Waals surface area contributed by atoms with Gasteiger partial charge in [0.15, 0.2) is 0 Å². The fourth-order valence-corrected chi connectivity index (χ4v) is 2.41. The summed E-state index contributed by atoms with van der Waals surface area (Å²) in [5, 5.41) is 0. The molecule has 0 spiro atoms. The van der Waals surface area contributed by atoms with E-state index in [9.17, 15) is 9.59 Å². The highest BCUT2D eigenvalue weighted by molar-refractivity contribution is 6.04. The van der Waals surface area contributed by atoms with Gasteiger partial charge in [-0.05, 0) is 32.6 Å². The second kappa shape index (κ2) is 5.59. The number of aliphatic imine (C=N–C) groups is 1. The first-order chi connectivity index (χ1) is 9.06. The van der Waals surface area contributed by atoms with Gasteiger partial charge in [0.25, 0.3) is 0 Å². The molecular formula is C13H22N4O2. The van der Waals surface area contributed by atoms with E-state index in [2.05, 4.69) is 4.99 Å². The van der Waals surface area contributed by atoms with E-state index in [1.165, 1.54) is 0 Å². The Balaban J connectivity index is 2.01. The fraction of sp³-hybridized carbons (Fsp3) is 0.769. The summed E-state index contributed by atoms with van der Waals surface area (Å²) in [4.78, 5) is 31.1. The van der Waals surface area contributed by atoms with Gasteiger partial charge in [0.05, 0.1) is 12.5 Å². The molecule has 2 N–H and O–H groups in total. The van der Waals surface area contributed by atoms with Crippen molar-refractivity contribution in [1.82, 2.24) is 9.80 Å². The molecule has 0 aromatic carbocycles. The minimum Gasteiger partial charge on any atom is -0.385 e. The highest BCUT2D eigenvalue weighted by Crippen LogP contribution is 2.32.